The summed E-state index contributed by atoms with van der Waals surface area (Å²) in [5.41, 5.74) is -1.53. The lowest BCUT2D eigenvalue weighted by molar-refractivity contribution is -0.170. The van der Waals surface area contributed by atoms with Gasteiger partial charge in [-0.15, -0.1) is 11.3 Å². The van der Waals surface area contributed by atoms with Gasteiger partial charge in [0.05, 0.1) is 12.8 Å². The van der Waals surface area contributed by atoms with Gasteiger partial charge in [-0.2, -0.15) is 0 Å². The van der Waals surface area contributed by atoms with Gasteiger partial charge in [-0.1, -0.05) is 19.9 Å². The molecule has 3 heterocycles. The summed E-state index contributed by atoms with van der Waals surface area (Å²) in [4.78, 5) is 46.0. The molecule has 0 amide bonds. The molecule has 0 aromatic carbocycles. The van der Waals surface area contributed by atoms with E-state index in [2.05, 4.69) is 51.1 Å². The van der Waals surface area contributed by atoms with Crippen LogP contribution in [-0.2, 0) is 33.9 Å². The molecule has 1 fully saturated rings. The van der Waals surface area contributed by atoms with E-state index in [1.54, 1.807) is 0 Å². The van der Waals surface area contributed by atoms with Crippen molar-refractivity contribution < 1.29 is 34.8 Å². The Morgan fingerprint density at radius 1 is 1.11 bits per heavy atom. The largest absolute Gasteiger partial charge is 0.481 e. The predicted octanol–water partition coefficient (Wildman–Crippen LogP) is 2.34. The lowest BCUT2D eigenvalue weighted by atomic mass is 9.96. The molecule has 1 atom stereocenters. The standard InChI is InChI=1S/C19H28N4S.C6H8O7/c1-3-19-20-11-16(12-21-19)13-22(15-18-8-6-10-24-18)14-17-7-5-9-23(17)4-2;7-3(8)1-6(13,5(11)12)2-4(9)10/h6,8,10-12,17H,3-5,7,9,13-15H2,1-2H3;13H,1-2H2,(H,7,8)(H,9,10)(H,11,12). The highest BCUT2D eigenvalue weighted by Gasteiger charge is 2.40. The van der Waals surface area contributed by atoms with Crippen LogP contribution in [0.5, 0.6) is 0 Å². The Morgan fingerprint density at radius 2 is 1.76 bits per heavy atom. The fraction of sp³-hybridized carbons (Fsp3) is 0.560. The summed E-state index contributed by atoms with van der Waals surface area (Å²) < 4.78 is 0. The van der Waals surface area contributed by atoms with Crippen molar-refractivity contribution in [1.82, 2.24) is 19.8 Å². The molecule has 37 heavy (non-hydrogen) atoms. The zero-order chi connectivity index (χ0) is 27.4. The molecule has 0 radical (unpaired) electrons. The highest BCUT2D eigenvalue weighted by Crippen LogP contribution is 2.21. The lowest BCUT2D eigenvalue weighted by Crippen LogP contribution is -2.42. The number of aryl methyl sites for hydroxylation is 1. The number of hydrogen-bond donors (Lipinski definition) is 4. The maximum absolute atomic E-state index is 10.3. The topological polar surface area (TPSA) is 164 Å². The Labute approximate surface area is 220 Å². The molecule has 3 rings (SSSR count). The maximum Gasteiger partial charge on any atom is 0.336 e. The van der Waals surface area contributed by atoms with Crippen LogP contribution < -0.4 is 0 Å². The molecule has 0 bridgehead atoms. The van der Waals surface area contributed by atoms with Crippen LogP contribution in [0, 0.1) is 0 Å². The van der Waals surface area contributed by atoms with Crippen LogP contribution in [-0.4, -0.2) is 89.4 Å². The number of likely N-dealkylation sites (tertiary alicyclic amines) is 1. The Kier molecular flexibility index (Phi) is 12.1. The fourth-order valence-electron chi connectivity index (χ4n) is 4.24. The third kappa shape index (κ3) is 10.2. The smallest absolute Gasteiger partial charge is 0.336 e. The number of thiophene rings is 1. The van der Waals surface area contributed by atoms with Crippen molar-refractivity contribution in [1.29, 1.82) is 0 Å². The second kappa shape index (κ2) is 14.7. The number of likely N-dealkylation sites (N-methyl/N-ethyl adjacent to an activating group) is 1. The number of aliphatic carboxylic acids is 3. The number of hydrogen-bond acceptors (Lipinski definition) is 9. The van der Waals surface area contributed by atoms with E-state index in [-0.39, 0.29) is 0 Å². The van der Waals surface area contributed by atoms with Crippen LogP contribution in [0.1, 0.15) is 55.8 Å². The van der Waals surface area contributed by atoms with Crippen LogP contribution in [0.25, 0.3) is 0 Å². The lowest BCUT2D eigenvalue weighted by Gasteiger charge is -2.30. The van der Waals surface area contributed by atoms with E-state index in [1.165, 1.54) is 29.8 Å². The van der Waals surface area contributed by atoms with Crippen LogP contribution in [0.3, 0.4) is 0 Å². The molecule has 0 aliphatic carbocycles. The van der Waals surface area contributed by atoms with Crippen LogP contribution in [0.2, 0.25) is 0 Å². The van der Waals surface area contributed by atoms with Crippen molar-refractivity contribution in [3.63, 3.8) is 0 Å². The zero-order valence-electron chi connectivity index (χ0n) is 21.2. The minimum atomic E-state index is -2.74. The van der Waals surface area contributed by atoms with Crippen molar-refractivity contribution in [2.24, 2.45) is 0 Å². The summed E-state index contributed by atoms with van der Waals surface area (Å²) in [5, 5.41) is 36.0. The Hall–Kier alpha value is -2.93. The molecular formula is C25H36N4O7S. The van der Waals surface area contributed by atoms with Crippen molar-refractivity contribution >= 4 is 29.2 Å². The van der Waals surface area contributed by atoms with Crippen molar-refractivity contribution in [2.45, 2.75) is 70.7 Å². The third-order valence-corrected chi connectivity index (χ3v) is 6.96. The van der Waals surface area contributed by atoms with E-state index in [0.29, 0.717) is 6.04 Å². The maximum atomic E-state index is 10.3. The molecule has 0 saturated carbocycles. The quantitative estimate of drug-likeness (QED) is 0.297. The van der Waals surface area contributed by atoms with Crippen LogP contribution >= 0.6 is 11.3 Å². The first-order valence-electron chi connectivity index (χ1n) is 12.2. The Balaban J connectivity index is 0.000000317. The second-order valence-corrected chi connectivity index (χ2v) is 10.0. The van der Waals surface area contributed by atoms with Gasteiger partial charge in [0.1, 0.15) is 5.82 Å². The summed E-state index contributed by atoms with van der Waals surface area (Å²) in [6, 6.07) is 5.07. The summed E-state index contributed by atoms with van der Waals surface area (Å²) in [7, 11) is 0. The molecule has 2 aromatic rings. The number of carboxylic acid groups (broad SMARTS) is 3. The molecular weight excluding hydrogens is 500 g/mol. The molecule has 204 valence electrons. The fourth-order valence-corrected chi connectivity index (χ4v) is 4.99. The van der Waals surface area contributed by atoms with Gasteiger partial charge in [-0.05, 0) is 37.4 Å². The molecule has 11 nitrogen and oxygen atoms in total. The second-order valence-electron chi connectivity index (χ2n) is 9.01. The number of nitrogens with zero attached hydrogens (tertiary/aromatic N) is 4. The van der Waals surface area contributed by atoms with E-state index < -0.39 is 36.4 Å². The highest BCUT2D eigenvalue weighted by molar-refractivity contribution is 7.09. The van der Waals surface area contributed by atoms with E-state index in [0.717, 1.165) is 38.4 Å². The number of rotatable bonds is 13. The number of carbonyl (C=O) groups is 3. The summed E-state index contributed by atoms with van der Waals surface area (Å²) in [6.07, 6.45) is 5.26. The van der Waals surface area contributed by atoms with Gasteiger partial charge in [0.15, 0.2) is 5.60 Å². The van der Waals surface area contributed by atoms with E-state index >= 15 is 0 Å². The minimum absolute atomic E-state index is 0.686. The van der Waals surface area contributed by atoms with E-state index in [1.807, 2.05) is 23.7 Å². The summed E-state index contributed by atoms with van der Waals surface area (Å²) >= 11 is 1.85. The first-order valence-corrected chi connectivity index (χ1v) is 13.1. The van der Waals surface area contributed by atoms with Gasteiger partial charge < -0.3 is 20.4 Å². The number of aromatic nitrogens is 2. The average molecular weight is 537 g/mol. The molecule has 4 N–H and O–H groups in total. The molecule has 1 aliphatic heterocycles. The summed E-state index contributed by atoms with van der Waals surface area (Å²) in [6.45, 7) is 9.85. The first-order chi connectivity index (χ1) is 17.6. The molecule has 1 aliphatic rings. The van der Waals surface area contributed by atoms with Gasteiger partial charge in [-0.25, -0.2) is 14.8 Å². The molecule has 2 aromatic heterocycles. The van der Waals surface area contributed by atoms with E-state index in [9.17, 15) is 14.4 Å². The van der Waals surface area contributed by atoms with Gasteiger partial charge in [0, 0.05) is 54.9 Å². The Bertz CT molecular complexity index is 985. The van der Waals surface area contributed by atoms with Crippen molar-refractivity contribution in [3.05, 3.63) is 46.2 Å². The molecule has 1 unspecified atom stereocenters. The third-order valence-electron chi connectivity index (χ3n) is 6.10. The number of aliphatic hydroxyl groups is 1. The molecule has 1 saturated heterocycles. The Morgan fingerprint density at radius 3 is 2.24 bits per heavy atom. The van der Waals surface area contributed by atoms with Crippen LogP contribution in [0.15, 0.2) is 29.9 Å². The van der Waals surface area contributed by atoms with Crippen LogP contribution in [0.4, 0.5) is 0 Å². The van der Waals surface area contributed by atoms with Crippen molar-refractivity contribution in [2.75, 3.05) is 19.6 Å². The normalized spacial score (nSPS) is 15.8. The number of carboxylic acids is 3. The van der Waals surface area contributed by atoms with Gasteiger partial charge in [0.2, 0.25) is 0 Å². The van der Waals surface area contributed by atoms with E-state index in [4.69, 9.17) is 20.4 Å². The zero-order valence-corrected chi connectivity index (χ0v) is 22.1. The average Bonchev–Trinajstić information content (AvgIpc) is 3.50. The molecule has 12 heteroatoms. The minimum Gasteiger partial charge on any atom is -0.481 e. The van der Waals surface area contributed by atoms with Gasteiger partial charge in [-0.3, -0.25) is 19.4 Å². The summed E-state index contributed by atoms with van der Waals surface area (Å²) in [5.74, 6) is -4.09. The predicted molar refractivity (Wildman–Crippen MR) is 137 cm³/mol. The van der Waals surface area contributed by atoms with Gasteiger partial charge >= 0.3 is 17.9 Å². The molecule has 0 spiro atoms. The monoisotopic (exact) mass is 536 g/mol. The highest BCUT2D eigenvalue weighted by atomic mass is 32.1. The van der Waals surface area contributed by atoms with Crippen molar-refractivity contribution in [3.8, 4) is 0 Å². The van der Waals surface area contributed by atoms with Gasteiger partial charge in [0.25, 0.3) is 0 Å². The SMILES string of the molecule is CCc1ncc(CN(Cc2cccs2)CC2CCCN2CC)cn1.O=C(O)CC(O)(CC(=O)O)C(=O)O. The first kappa shape index (κ1) is 30.3.